The number of hydrogen-bond acceptors (Lipinski definition) is 5. The molecule has 1 unspecified atom stereocenters. The number of phenolic OH excluding ortho intramolecular Hbond substituents is 1. The van der Waals surface area contributed by atoms with E-state index in [4.69, 9.17) is 4.74 Å². The number of benzene rings is 2. The minimum Gasteiger partial charge on any atom is -0.508 e. The molecule has 0 radical (unpaired) electrons. The maximum atomic E-state index is 13.0. The van der Waals surface area contributed by atoms with Crippen molar-refractivity contribution in [2.24, 2.45) is 5.92 Å². The van der Waals surface area contributed by atoms with Gasteiger partial charge in [-0.05, 0) is 48.4 Å². The van der Waals surface area contributed by atoms with E-state index in [0.29, 0.717) is 29.3 Å². The molecule has 2 aromatic rings. The van der Waals surface area contributed by atoms with Gasteiger partial charge in [0.1, 0.15) is 17.2 Å². The van der Waals surface area contributed by atoms with Crippen LogP contribution in [-0.4, -0.2) is 30.0 Å². The van der Waals surface area contributed by atoms with Gasteiger partial charge in [0, 0.05) is 24.1 Å². The van der Waals surface area contributed by atoms with Gasteiger partial charge in [0.05, 0.1) is 17.9 Å². The number of anilines is 2. The van der Waals surface area contributed by atoms with Crippen LogP contribution >= 0.6 is 0 Å². The van der Waals surface area contributed by atoms with Crippen LogP contribution in [0, 0.1) is 17.8 Å². The zero-order chi connectivity index (χ0) is 25.9. The Bertz CT molecular complexity index is 1180. The predicted octanol–water partition coefficient (Wildman–Crippen LogP) is 6.16. The normalized spacial score (nSPS) is 17.4. The van der Waals surface area contributed by atoms with Gasteiger partial charge in [-0.25, -0.2) is 0 Å². The van der Waals surface area contributed by atoms with Crippen molar-refractivity contribution >= 4 is 17.3 Å². The van der Waals surface area contributed by atoms with Crippen LogP contribution in [0.3, 0.4) is 0 Å². The van der Waals surface area contributed by atoms with Gasteiger partial charge in [0.15, 0.2) is 6.10 Å². The number of halogens is 3. The fourth-order valence-corrected chi connectivity index (χ4v) is 4.43. The Morgan fingerprint density at radius 1 is 1.25 bits per heavy atom. The molecule has 6 nitrogen and oxygen atoms in total. The van der Waals surface area contributed by atoms with Crippen LogP contribution in [0.2, 0.25) is 0 Å². The molecule has 1 aliphatic heterocycles. The summed E-state index contributed by atoms with van der Waals surface area (Å²) < 4.78 is 47.1. The highest BCUT2D eigenvalue weighted by Gasteiger charge is 2.32. The summed E-state index contributed by atoms with van der Waals surface area (Å²) in [7, 11) is 0. The van der Waals surface area contributed by atoms with E-state index in [0.717, 1.165) is 37.3 Å². The predicted molar refractivity (Wildman–Crippen MR) is 130 cm³/mol. The molecule has 1 fully saturated rings. The first-order chi connectivity index (χ1) is 17.1. The van der Waals surface area contributed by atoms with Gasteiger partial charge >= 0.3 is 6.36 Å². The maximum absolute atomic E-state index is 13.0. The largest absolute Gasteiger partial charge is 0.573 e. The third-order valence-electron chi connectivity index (χ3n) is 6.18. The molecule has 192 valence electrons. The number of carbonyl (C=O) groups is 1. The first-order valence-corrected chi connectivity index (χ1v) is 12.1. The fraction of sp³-hybridized carbons (Fsp3) is 0.444. The highest BCUT2D eigenvalue weighted by molar-refractivity contribution is 5.96. The number of amides is 1. The number of rotatable bonds is 5. The zero-order valence-corrected chi connectivity index (χ0v) is 20.2. The Morgan fingerprint density at radius 3 is 2.69 bits per heavy atom. The number of ether oxygens (including phenoxy) is 2. The average Bonchev–Trinajstić information content (AvgIpc) is 3.33. The topological polar surface area (TPSA) is 79.8 Å². The molecule has 1 aliphatic carbocycles. The Labute approximate surface area is 208 Å². The fourth-order valence-electron chi connectivity index (χ4n) is 4.43. The summed E-state index contributed by atoms with van der Waals surface area (Å²) in [5.74, 6) is 6.46. The first kappa shape index (κ1) is 25.5. The van der Waals surface area contributed by atoms with E-state index in [1.54, 1.807) is 0 Å². The summed E-state index contributed by atoms with van der Waals surface area (Å²) in [6, 6.07) is 7.01. The number of nitrogens with one attached hydrogen (secondary N) is 2. The van der Waals surface area contributed by atoms with Crippen molar-refractivity contribution in [1.29, 1.82) is 0 Å². The highest BCUT2D eigenvalue weighted by Crippen LogP contribution is 2.41. The number of hydrogen-bond donors (Lipinski definition) is 3. The molecule has 9 heteroatoms. The standard InChI is InChI=1S/C27H29F3N2O4/c1-16(2)6-5-9-18-12-20(17-7-3-4-8-17)23(33)14-21(18)32-26(34)25-15-31-22-13-19(36-27(28,29)30)10-11-24(22)35-25/h10-14,16-17,25,31,33H,3-4,6-8,15H2,1-2H3,(H,32,34). The molecule has 2 aliphatic rings. The number of aromatic hydroxyl groups is 1. The molecule has 1 saturated carbocycles. The lowest BCUT2D eigenvalue weighted by Crippen LogP contribution is -2.41. The quantitative estimate of drug-likeness (QED) is 0.427. The molecule has 3 N–H and O–H groups in total. The molecule has 0 saturated heterocycles. The molecular formula is C27H29F3N2O4. The van der Waals surface area contributed by atoms with E-state index < -0.39 is 18.4 Å². The van der Waals surface area contributed by atoms with E-state index in [1.807, 2.05) is 6.07 Å². The third-order valence-corrected chi connectivity index (χ3v) is 6.18. The number of alkyl halides is 3. The number of fused-ring (bicyclic) bond motifs is 1. The van der Waals surface area contributed by atoms with Gasteiger partial charge in [0.2, 0.25) is 0 Å². The van der Waals surface area contributed by atoms with Gasteiger partial charge in [-0.15, -0.1) is 13.2 Å². The summed E-state index contributed by atoms with van der Waals surface area (Å²) in [5, 5.41) is 16.4. The van der Waals surface area contributed by atoms with Gasteiger partial charge in [0.25, 0.3) is 5.91 Å². The Kier molecular flexibility index (Phi) is 7.53. The van der Waals surface area contributed by atoms with Crippen molar-refractivity contribution in [2.45, 2.75) is 64.3 Å². The van der Waals surface area contributed by atoms with Gasteiger partial charge in [-0.2, -0.15) is 0 Å². The van der Waals surface area contributed by atoms with Crippen LogP contribution in [0.25, 0.3) is 0 Å². The monoisotopic (exact) mass is 502 g/mol. The molecule has 0 aromatic heterocycles. The van der Waals surface area contributed by atoms with Crippen LogP contribution in [0.4, 0.5) is 24.5 Å². The summed E-state index contributed by atoms with van der Waals surface area (Å²) in [5.41, 5.74) is 2.15. The highest BCUT2D eigenvalue weighted by atomic mass is 19.4. The minimum absolute atomic E-state index is 0.0365. The van der Waals surface area contributed by atoms with Gasteiger partial charge in [-0.1, -0.05) is 38.5 Å². The molecule has 4 rings (SSSR count). The molecule has 1 atom stereocenters. The third kappa shape index (κ3) is 6.36. The summed E-state index contributed by atoms with van der Waals surface area (Å²) >= 11 is 0. The first-order valence-electron chi connectivity index (χ1n) is 12.1. The smallest absolute Gasteiger partial charge is 0.508 e. The SMILES string of the molecule is CC(C)CC#Cc1cc(C2CCCC2)c(O)cc1NC(=O)C1CNc2cc(OC(F)(F)F)ccc2O1. The van der Waals surface area contributed by atoms with Crippen LogP contribution in [-0.2, 0) is 4.79 Å². The number of phenols is 1. The summed E-state index contributed by atoms with van der Waals surface area (Å²) in [4.78, 5) is 13.0. The molecular weight excluding hydrogens is 473 g/mol. The second-order valence-corrected chi connectivity index (χ2v) is 9.52. The number of carbonyl (C=O) groups excluding carboxylic acids is 1. The van der Waals surface area contributed by atoms with E-state index in [1.165, 1.54) is 18.2 Å². The Balaban J connectivity index is 1.52. The van der Waals surface area contributed by atoms with Crippen molar-refractivity contribution in [2.75, 3.05) is 17.2 Å². The minimum atomic E-state index is -4.80. The molecule has 0 bridgehead atoms. The molecule has 1 heterocycles. The van der Waals surface area contributed by atoms with E-state index >= 15 is 0 Å². The second-order valence-electron chi connectivity index (χ2n) is 9.52. The Morgan fingerprint density at radius 2 is 2.00 bits per heavy atom. The van der Waals surface area contributed by atoms with E-state index in [-0.39, 0.29) is 29.7 Å². The van der Waals surface area contributed by atoms with Crippen molar-refractivity contribution in [3.63, 3.8) is 0 Å². The van der Waals surface area contributed by atoms with Crippen molar-refractivity contribution in [1.82, 2.24) is 0 Å². The Hall–Kier alpha value is -3.54. The van der Waals surface area contributed by atoms with Crippen molar-refractivity contribution in [3.05, 3.63) is 41.5 Å². The van der Waals surface area contributed by atoms with Crippen molar-refractivity contribution < 1.29 is 32.5 Å². The lowest BCUT2D eigenvalue weighted by molar-refractivity contribution is -0.274. The molecule has 36 heavy (non-hydrogen) atoms. The summed E-state index contributed by atoms with van der Waals surface area (Å²) in [6.45, 7) is 4.18. The molecule has 0 spiro atoms. The maximum Gasteiger partial charge on any atom is 0.573 e. The lowest BCUT2D eigenvalue weighted by Gasteiger charge is -2.27. The average molecular weight is 503 g/mol. The lowest BCUT2D eigenvalue weighted by atomic mass is 9.94. The van der Waals surface area contributed by atoms with Crippen LogP contribution < -0.4 is 20.1 Å². The van der Waals surface area contributed by atoms with Crippen LogP contribution in [0.5, 0.6) is 17.2 Å². The van der Waals surface area contributed by atoms with Gasteiger partial charge in [-0.3, -0.25) is 4.79 Å². The molecule has 1 amide bonds. The zero-order valence-electron chi connectivity index (χ0n) is 20.2. The van der Waals surface area contributed by atoms with E-state index in [9.17, 15) is 23.1 Å². The van der Waals surface area contributed by atoms with Crippen LogP contribution in [0.1, 0.15) is 63.0 Å². The van der Waals surface area contributed by atoms with E-state index in [2.05, 4.69) is 41.1 Å². The van der Waals surface area contributed by atoms with Crippen LogP contribution in [0.15, 0.2) is 30.3 Å². The second kappa shape index (κ2) is 10.6. The van der Waals surface area contributed by atoms with Crippen molar-refractivity contribution in [3.8, 4) is 29.1 Å². The van der Waals surface area contributed by atoms with Gasteiger partial charge < -0.3 is 25.2 Å². The molecule has 2 aromatic carbocycles. The summed E-state index contributed by atoms with van der Waals surface area (Å²) in [6.07, 6.45) is -0.799.